The molecule has 5 nitrogen and oxygen atoms in total. The van der Waals surface area contributed by atoms with Crippen LogP contribution in [-0.4, -0.2) is 34.5 Å². The minimum Gasteiger partial charge on any atom is -0.481 e. The van der Waals surface area contributed by atoms with Crippen molar-refractivity contribution >= 4 is 11.9 Å². The van der Waals surface area contributed by atoms with Crippen LogP contribution in [-0.2, 0) is 4.79 Å². The first kappa shape index (κ1) is 13.3. The molecule has 0 unspecified atom stereocenters. The summed E-state index contributed by atoms with van der Waals surface area (Å²) in [6.45, 7) is 5.23. The summed E-state index contributed by atoms with van der Waals surface area (Å²) < 4.78 is 5.11. The van der Waals surface area contributed by atoms with Gasteiger partial charge < -0.3 is 14.4 Å². The molecule has 0 saturated heterocycles. The Morgan fingerprint density at radius 1 is 1.47 bits per heavy atom. The third-order valence-electron chi connectivity index (χ3n) is 2.74. The van der Waals surface area contributed by atoms with Crippen LogP contribution in [0.5, 0.6) is 0 Å². The third kappa shape index (κ3) is 3.09. The molecule has 1 N–H and O–H groups in total. The summed E-state index contributed by atoms with van der Waals surface area (Å²) in [6.07, 6.45) is 1.38. The molecule has 1 amide bonds. The van der Waals surface area contributed by atoms with Crippen molar-refractivity contribution in [1.82, 2.24) is 4.90 Å². The van der Waals surface area contributed by atoms with Gasteiger partial charge in [0.15, 0.2) is 5.76 Å². The molecule has 0 atom stereocenters. The number of carboxylic acids is 1. The summed E-state index contributed by atoms with van der Waals surface area (Å²) in [7, 11) is 1.57. The lowest BCUT2D eigenvalue weighted by molar-refractivity contribution is -0.139. The third-order valence-corrected chi connectivity index (χ3v) is 2.74. The Bertz CT molecular complexity index is 433. The molecule has 0 fully saturated rings. The number of hydrogen-bond acceptors (Lipinski definition) is 3. The maximum Gasteiger partial charge on any atom is 0.305 e. The zero-order valence-corrected chi connectivity index (χ0v) is 10.5. The predicted octanol–water partition coefficient (Wildman–Crippen LogP) is 1.91. The number of carbonyl (C=O) groups is 2. The Kier molecular flexibility index (Phi) is 3.60. The molecule has 1 rings (SSSR count). The Balaban J connectivity index is 2.86. The second-order valence-corrected chi connectivity index (χ2v) is 4.74. The monoisotopic (exact) mass is 239 g/mol. The van der Waals surface area contributed by atoms with E-state index in [1.54, 1.807) is 27.0 Å². The van der Waals surface area contributed by atoms with Crippen LogP contribution in [0, 0.1) is 6.92 Å². The van der Waals surface area contributed by atoms with Gasteiger partial charge in [-0.2, -0.15) is 0 Å². The smallest absolute Gasteiger partial charge is 0.305 e. The van der Waals surface area contributed by atoms with E-state index in [0.717, 1.165) is 5.56 Å². The molecule has 5 heteroatoms. The molecule has 0 radical (unpaired) electrons. The van der Waals surface area contributed by atoms with Crippen molar-refractivity contribution in [1.29, 1.82) is 0 Å². The quantitative estimate of drug-likeness (QED) is 0.871. The van der Waals surface area contributed by atoms with Crippen molar-refractivity contribution in [3.8, 4) is 0 Å². The molecule has 1 aromatic rings. The number of aryl methyl sites for hydroxylation is 1. The van der Waals surface area contributed by atoms with Gasteiger partial charge in [-0.3, -0.25) is 9.59 Å². The van der Waals surface area contributed by atoms with E-state index in [1.165, 1.54) is 11.2 Å². The molecule has 17 heavy (non-hydrogen) atoms. The average molecular weight is 239 g/mol. The number of carbonyl (C=O) groups excluding carboxylic acids is 1. The van der Waals surface area contributed by atoms with Gasteiger partial charge in [-0.05, 0) is 32.4 Å². The molecule has 0 saturated carbocycles. The van der Waals surface area contributed by atoms with Crippen LogP contribution in [0.15, 0.2) is 16.7 Å². The van der Waals surface area contributed by atoms with E-state index in [9.17, 15) is 9.59 Å². The molecule has 0 spiro atoms. The SMILES string of the molecule is Cc1coc(C(=O)N(C)C(C)(C)CC(=O)O)c1. The van der Waals surface area contributed by atoms with Crippen LogP contribution in [0.4, 0.5) is 0 Å². The molecular formula is C12H17NO4. The fourth-order valence-corrected chi connectivity index (χ4v) is 1.47. The van der Waals surface area contributed by atoms with Gasteiger partial charge in [-0.25, -0.2) is 0 Å². The van der Waals surface area contributed by atoms with Crippen molar-refractivity contribution in [3.05, 3.63) is 23.7 Å². The molecule has 0 aliphatic rings. The summed E-state index contributed by atoms with van der Waals surface area (Å²) in [5, 5.41) is 8.79. The second kappa shape index (κ2) is 4.61. The van der Waals surface area contributed by atoms with Crippen molar-refractivity contribution in [2.24, 2.45) is 0 Å². The molecule has 0 aliphatic heterocycles. The lowest BCUT2D eigenvalue weighted by Gasteiger charge is -2.33. The van der Waals surface area contributed by atoms with Crippen LogP contribution < -0.4 is 0 Å². The number of amides is 1. The molecule has 0 aromatic carbocycles. The van der Waals surface area contributed by atoms with Crippen molar-refractivity contribution < 1.29 is 19.1 Å². The fourth-order valence-electron chi connectivity index (χ4n) is 1.47. The maximum absolute atomic E-state index is 12.0. The first-order valence-corrected chi connectivity index (χ1v) is 5.29. The predicted molar refractivity (Wildman–Crippen MR) is 61.9 cm³/mol. The van der Waals surface area contributed by atoms with Crippen molar-refractivity contribution in [3.63, 3.8) is 0 Å². The van der Waals surface area contributed by atoms with Crippen molar-refractivity contribution in [2.45, 2.75) is 32.7 Å². The largest absolute Gasteiger partial charge is 0.481 e. The maximum atomic E-state index is 12.0. The number of carboxylic acid groups (broad SMARTS) is 1. The minimum atomic E-state index is -0.940. The molecule has 1 heterocycles. The normalized spacial score (nSPS) is 11.3. The van der Waals surface area contributed by atoms with Crippen LogP contribution in [0.25, 0.3) is 0 Å². The van der Waals surface area contributed by atoms with E-state index >= 15 is 0 Å². The highest BCUT2D eigenvalue weighted by Gasteiger charge is 2.31. The molecule has 0 bridgehead atoms. The highest BCUT2D eigenvalue weighted by atomic mass is 16.4. The zero-order chi connectivity index (χ0) is 13.2. The van der Waals surface area contributed by atoms with Crippen LogP contribution in [0.2, 0.25) is 0 Å². The highest BCUT2D eigenvalue weighted by molar-refractivity contribution is 5.92. The van der Waals surface area contributed by atoms with Crippen molar-refractivity contribution in [2.75, 3.05) is 7.05 Å². The van der Waals surface area contributed by atoms with E-state index in [-0.39, 0.29) is 18.1 Å². The Labute approximate surface area is 100 Å². The molecule has 94 valence electrons. The van der Waals surface area contributed by atoms with E-state index < -0.39 is 11.5 Å². The Morgan fingerprint density at radius 2 is 2.06 bits per heavy atom. The summed E-state index contributed by atoms with van der Waals surface area (Å²) in [5.41, 5.74) is 0.0988. The van der Waals surface area contributed by atoms with Gasteiger partial charge in [-0.15, -0.1) is 0 Å². The summed E-state index contributed by atoms with van der Waals surface area (Å²) in [6, 6.07) is 1.63. The van der Waals surface area contributed by atoms with Gasteiger partial charge in [0.2, 0.25) is 0 Å². The average Bonchev–Trinajstić information content (AvgIpc) is 2.60. The number of hydrogen-bond donors (Lipinski definition) is 1. The summed E-state index contributed by atoms with van der Waals surface area (Å²) in [5.74, 6) is -1.03. The van der Waals surface area contributed by atoms with Gasteiger partial charge >= 0.3 is 5.97 Å². The number of aliphatic carboxylic acids is 1. The summed E-state index contributed by atoms with van der Waals surface area (Å²) in [4.78, 5) is 24.1. The van der Waals surface area contributed by atoms with E-state index in [2.05, 4.69) is 0 Å². The van der Waals surface area contributed by atoms with Gasteiger partial charge in [0, 0.05) is 12.6 Å². The Morgan fingerprint density at radius 3 is 2.47 bits per heavy atom. The van der Waals surface area contributed by atoms with E-state index in [4.69, 9.17) is 9.52 Å². The fraction of sp³-hybridized carbons (Fsp3) is 0.500. The standard InChI is InChI=1S/C12H17NO4/c1-8-5-9(17-7-8)11(16)13(4)12(2,3)6-10(14)15/h5,7H,6H2,1-4H3,(H,14,15). The first-order chi connectivity index (χ1) is 7.74. The van der Waals surface area contributed by atoms with Gasteiger partial charge in [0.1, 0.15) is 0 Å². The van der Waals surface area contributed by atoms with Gasteiger partial charge in [0.05, 0.1) is 12.7 Å². The van der Waals surface area contributed by atoms with Gasteiger partial charge in [0.25, 0.3) is 5.91 Å². The lowest BCUT2D eigenvalue weighted by atomic mass is 9.98. The van der Waals surface area contributed by atoms with E-state index in [0.29, 0.717) is 0 Å². The lowest BCUT2D eigenvalue weighted by Crippen LogP contribution is -2.46. The van der Waals surface area contributed by atoms with Crippen LogP contribution >= 0.6 is 0 Å². The topological polar surface area (TPSA) is 70.8 Å². The number of nitrogens with zero attached hydrogens (tertiary/aromatic N) is 1. The van der Waals surface area contributed by atoms with Crippen LogP contribution in [0.1, 0.15) is 36.4 Å². The molecule has 0 aliphatic carbocycles. The second-order valence-electron chi connectivity index (χ2n) is 4.74. The number of furan rings is 1. The summed E-state index contributed by atoms with van der Waals surface area (Å²) >= 11 is 0. The highest BCUT2D eigenvalue weighted by Crippen LogP contribution is 2.20. The Hall–Kier alpha value is -1.78. The zero-order valence-electron chi connectivity index (χ0n) is 10.5. The van der Waals surface area contributed by atoms with E-state index in [1.807, 2.05) is 6.92 Å². The minimum absolute atomic E-state index is 0.116. The van der Waals surface area contributed by atoms with Crippen LogP contribution in [0.3, 0.4) is 0 Å². The number of rotatable bonds is 4. The van der Waals surface area contributed by atoms with Gasteiger partial charge in [-0.1, -0.05) is 0 Å². The molecular weight excluding hydrogens is 222 g/mol. The first-order valence-electron chi connectivity index (χ1n) is 5.29. The molecule has 1 aromatic heterocycles.